The molecular weight excluding hydrogens is 246 g/mol. The largest absolute Gasteiger partial charge is 0.550 e. The predicted molar refractivity (Wildman–Crippen MR) is 70.5 cm³/mol. The minimum atomic E-state index is -1.07. The van der Waals surface area contributed by atoms with E-state index in [9.17, 15) is 9.90 Å². The summed E-state index contributed by atoms with van der Waals surface area (Å²) in [4.78, 5) is 16.0. The summed E-state index contributed by atoms with van der Waals surface area (Å²) in [6.07, 6.45) is -0.0752. The SMILES string of the molecule is Cc1ccc(-c2nc(C)sc2CC(=O)[O-])c(C)c1. The number of aliphatic carboxylic acids is 1. The van der Waals surface area contributed by atoms with Gasteiger partial charge in [0.25, 0.3) is 0 Å². The van der Waals surface area contributed by atoms with Crippen LogP contribution in [0.1, 0.15) is 21.0 Å². The smallest absolute Gasteiger partial charge is 0.0904 e. The van der Waals surface area contributed by atoms with Gasteiger partial charge >= 0.3 is 0 Å². The molecule has 1 aromatic heterocycles. The van der Waals surface area contributed by atoms with Gasteiger partial charge < -0.3 is 9.90 Å². The molecule has 0 bridgehead atoms. The molecule has 2 aromatic rings. The lowest BCUT2D eigenvalue weighted by Crippen LogP contribution is -2.24. The second-order valence-corrected chi connectivity index (χ2v) is 5.66. The number of carboxylic acid groups (broad SMARTS) is 1. The number of aromatic nitrogens is 1. The van der Waals surface area contributed by atoms with Crippen LogP contribution in [-0.4, -0.2) is 11.0 Å². The van der Waals surface area contributed by atoms with Gasteiger partial charge in [-0.3, -0.25) is 0 Å². The van der Waals surface area contributed by atoms with E-state index in [-0.39, 0.29) is 6.42 Å². The van der Waals surface area contributed by atoms with E-state index in [2.05, 4.69) is 11.1 Å². The summed E-state index contributed by atoms with van der Waals surface area (Å²) < 4.78 is 0. The molecule has 0 saturated carbocycles. The summed E-state index contributed by atoms with van der Waals surface area (Å²) in [6.45, 7) is 5.93. The molecule has 0 atom stereocenters. The van der Waals surface area contributed by atoms with Crippen LogP contribution in [0.4, 0.5) is 0 Å². The molecular formula is C14H14NO2S-. The van der Waals surface area contributed by atoms with Crippen LogP contribution in [0.2, 0.25) is 0 Å². The number of nitrogens with zero attached hydrogens (tertiary/aromatic N) is 1. The Bertz CT molecular complexity index is 602. The van der Waals surface area contributed by atoms with Crippen LogP contribution in [-0.2, 0) is 11.2 Å². The molecule has 0 N–H and O–H groups in total. The summed E-state index contributed by atoms with van der Waals surface area (Å²) in [6, 6.07) is 6.09. The molecule has 0 saturated heterocycles. The van der Waals surface area contributed by atoms with Crippen molar-refractivity contribution in [2.75, 3.05) is 0 Å². The molecule has 18 heavy (non-hydrogen) atoms. The number of hydrogen-bond acceptors (Lipinski definition) is 4. The molecule has 94 valence electrons. The van der Waals surface area contributed by atoms with Gasteiger partial charge in [0.1, 0.15) is 0 Å². The van der Waals surface area contributed by atoms with Crippen LogP contribution in [0, 0.1) is 20.8 Å². The number of aryl methyl sites for hydroxylation is 3. The number of hydrogen-bond donors (Lipinski definition) is 0. The number of thiazole rings is 1. The van der Waals surface area contributed by atoms with Crippen molar-refractivity contribution in [1.82, 2.24) is 4.98 Å². The van der Waals surface area contributed by atoms with Gasteiger partial charge in [-0.25, -0.2) is 4.98 Å². The second kappa shape index (κ2) is 4.90. The monoisotopic (exact) mass is 260 g/mol. The van der Waals surface area contributed by atoms with E-state index < -0.39 is 5.97 Å². The van der Waals surface area contributed by atoms with Crippen LogP contribution in [0.15, 0.2) is 18.2 Å². The molecule has 0 radical (unpaired) electrons. The van der Waals surface area contributed by atoms with Crippen molar-refractivity contribution < 1.29 is 9.90 Å². The predicted octanol–water partition coefficient (Wildman–Crippen LogP) is 2.03. The lowest BCUT2D eigenvalue weighted by Gasteiger charge is -2.07. The van der Waals surface area contributed by atoms with Crippen LogP contribution in [0.25, 0.3) is 11.3 Å². The lowest BCUT2D eigenvalue weighted by atomic mass is 10.0. The molecule has 1 aromatic carbocycles. The molecule has 0 spiro atoms. The number of carboxylic acids is 1. The van der Waals surface area contributed by atoms with Crippen molar-refractivity contribution in [3.63, 3.8) is 0 Å². The summed E-state index contributed by atoms with van der Waals surface area (Å²) >= 11 is 1.42. The first-order valence-electron chi connectivity index (χ1n) is 5.71. The molecule has 0 fully saturated rings. The van der Waals surface area contributed by atoms with E-state index in [4.69, 9.17) is 0 Å². The van der Waals surface area contributed by atoms with Gasteiger partial charge in [0.15, 0.2) is 0 Å². The first-order valence-corrected chi connectivity index (χ1v) is 6.53. The molecule has 0 unspecified atom stereocenters. The zero-order chi connectivity index (χ0) is 13.3. The Balaban J connectivity index is 2.52. The molecule has 0 aliphatic heterocycles. The summed E-state index contributed by atoms with van der Waals surface area (Å²) in [5, 5.41) is 11.6. The van der Waals surface area contributed by atoms with Crippen LogP contribution < -0.4 is 5.11 Å². The maximum Gasteiger partial charge on any atom is 0.0904 e. The molecule has 0 aliphatic rings. The van der Waals surface area contributed by atoms with Gasteiger partial charge in [0.05, 0.1) is 10.7 Å². The molecule has 4 heteroatoms. The van der Waals surface area contributed by atoms with Crippen molar-refractivity contribution in [2.24, 2.45) is 0 Å². The Morgan fingerprint density at radius 1 is 1.33 bits per heavy atom. The van der Waals surface area contributed by atoms with Crippen molar-refractivity contribution in [3.05, 3.63) is 39.2 Å². The molecule has 2 rings (SSSR count). The summed E-state index contributed by atoms with van der Waals surface area (Å²) in [5.74, 6) is -1.07. The lowest BCUT2D eigenvalue weighted by molar-refractivity contribution is -0.304. The van der Waals surface area contributed by atoms with E-state index in [1.165, 1.54) is 16.9 Å². The topological polar surface area (TPSA) is 53.0 Å². The Labute approximate surface area is 110 Å². The third kappa shape index (κ3) is 2.59. The zero-order valence-electron chi connectivity index (χ0n) is 10.6. The van der Waals surface area contributed by atoms with Gasteiger partial charge in [-0.15, -0.1) is 11.3 Å². The average Bonchev–Trinajstić information content (AvgIpc) is 2.58. The maximum absolute atomic E-state index is 10.8. The van der Waals surface area contributed by atoms with Crippen LogP contribution >= 0.6 is 11.3 Å². The van der Waals surface area contributed by atoms with Crippen LogP contribution in [0.3, 0.4) is 0 Å². The maximum atomic E-state index is 10.8. The van der Waals surface area contributed by atoms with Crippen molar-refractivity contribution in [2.45, 2.75) is 27.2 Å². The number of benzene rings is 1. The average molecular weight is 260 g/mol. The molecule has 0 aliphatic carbocycles. The Kier molecular flexibility index (Phi) is 3.48. The first-order chi connectivity index (χ1) is 8.47. The minimum Gasteiger partial charge on any atom is -0.550 e. The minimum absolute atomic E-state index is 0.0752. The summed E-state index contributed by atoms with van der Waals surface area (Å²) in [5.41, 5.74) is 4.07. The van der Waals surface area contributed by atoms with E-state index in [1.54, 1.807) is 0 Å². The fraction of sp³-hybridized carbons (Fsp3) is 0.286. The number of rotatable bonds is 3. The highest BCUT2D eigenvalue weighted by Crippen LogP contribution is 2.30. The number of carbonyl (C=O) groups is 1. The fourth-order valence-electron chi connectivity index (χ4n) is 2.01. The number of carbonyl (C=O) groups excluding carboxylic acids is 1. The van der Waals surface area contributed by atoms with E-state index in [0.717, 1.165) is 26.7 Å². The third-order valence-electron chi connectivity index (χ3n) is 2.75. The quantitative estimate of drug-likeness (QED) is 0.848. The van der Waals surface area contributed by atoms with Crippen molar-refractivity contribution >= 4 is 17.3 Å². The van der Waals surface area contributed by atoms with Gasteiger partial charge in [0.2, 0.25) is 0 Å². The van der Waals surface area contributed by atoms with Crippen molar-refractivity contribution in [3.8, 4) is 11.3 Å². The van der Waals surface area contributed by atoms with Gasteiger partial charge in [-0.2, -0.15) is 0 Å². The first kappa shape index (κ1) is 12.8. The van der Waals surface area contributed by atoms with Crippen molar-refractivity contribution in [1.29, 1.82) is 0 Å². The third-order valence-corrected chi connectivity index (χ3v) is 3.72. The Morgan fingerprint density at radius 2 is 2.06 bits per heavy atom. The van der Waals surface area contributed by atoms with Gasteiger partial charge in [-0.05, 0) is 26.3 Å². The van der Waals surface area contributed by atoms with Crippen LogP contribution in [0.5, 0.6) is 0 Å². The second-order valence-electron chi connectivity index (χ2n) is 4.37. The fourth-order valence-corrected chi connectivity index (χ4v) is 2.95. The highest BCUT2D eigenvalue weighted by atomic mass is 32.1. The van der Waals surface area contributed by atoms with E-state index in [0.29, 0.717) is 0 Å². The molecule has 0 amide bonds. The zero-order valence-corrected chi connectivity index (χ0v) is 11.4. The highest BCUT2D eigenvalue weighted by Gasteiger charge is 2.13. The Morgan fingerprint density at radius 3 is 2.67 bits per heavy atom. The standard InChI is InChI=1S/C14H15NO2S/c1-8-4-5-11(9(2)6-8)14-12(7-13(16)17)18-10(3)15-14/h4-6H,7H2,1-3H3,(H,16,17)/p-1. The highest BCUT2D eigenvalue weighted by molar-refractivity contribution is 7.12. The molecule has 3 nitrogen and oxygen atoms in total. The molecule has 1 heterocycles. The Hall–Kier alpha value is -1.68. The van der Waals surface area contributed by atoms with E-state index in [1.807, 2.05) is 32.9 Å². The van der Waals surface area contributed by atoms with Gasteiger partial charge in [-0.1, -0.05) is 23.8 Å². The van der Waals surface area contributed by atoms with Gasteiger partial charge in [0, 0.05) is 22.8 Å². The normalized spacial score (nSPS) is 10.6. The van der Waals surface area contributed by atoms with E-state index >= 15 is 0 Å². The summed E-state index contributed by atoms with van der Waals surface area (Å²) in [7, 11) is 0.